The summed E-state index contributed by atoms with van der Waals surface area (Å²) < 4.78 is 5.52. The summed E-state index contributed by atoms with van der Waals surface area (Å²) in [6.07, 6.45) is 4.07. The number of aromatic nitrogens is 1. The number of halogens is 1. The van der Waals surface area contributed by atoms with E-state index in [0.29, 0.717) is 5.92 Å². The highest BCUT2D eigenvalue weighted by Crippen LogP contribution is 2.30. The van der Waals surface area contributed by atoms with Gasteiger partial charge in [0.25, 0.3) is 0 Å². The number of nitrogens with zero attached hydrogens (tertiary/aromatic N) is 1. The molecular weight excluding hydrogens is 224 g/mol. The van der Waals surface area contributed by atoms with Gasteiger partial charge in [0, 0.05) is 18.7 Å². The largest absolute Gasteiger partial charge is 0.381 e. The Morgan fingerprint density at radius 3 is 3.12 bits per heavy atom. The van der Waals surface area contributed by atoms with Gasteiger partial charge in [-0.2, -0.15) is 0 Å². The van der Waals surface area contributed by atoms with Crippen molar-refractivity contribution in [2.45, 2.75) is 18.9 Å². The molecule has 0 aromatic carbocycles. The summed E-state index contributed by atoms with van der Waals surface area (Å²) in [7, 11) is 1.95. The molecular formula is C12H17ClN2O. The fraction of sp³-hybridized carbons (Fsp3) is 0.583. The molecule has 0 radical (unpaired) electrons. The van der Waals surface area contributed by atoms with Crippen LogP contribution >= 0.6 is 11.6 Å². The standard InChI is InChI=1S/C12H17ClN2O/c1-14-11(9-4-3-7-16-8-9)12-10(13)5-2-6-15-12/h2,5-6,9,11,14H,3-4,7-8H2,1H3. The number of hydrogen-bond donors (Lipinski definition) is 1. The van der Waals surface area contributed by atoms with Crippen molar-refractivity contribution in [3.8, 4) is 0 Å². The van der Waals surface area contributed by atoms with Crippen molar-refractivity contribution in [3.63, 3.8) is 0 Å². The molecule has 88 valence electrons. The zero-order chi connectivity index (χ0) is 11.4. The molecule has 0 spiro atoms. The first kappa shape index (κ1) is 11.8. The summed E-state index contributed by atoms with van der Waals surface area (Å²) in [6, 6.07) is 3.93. The van der Waals surface area contributed by atoms with Crippen LogP contribution in [0.4, 0.5) is 0 Å². The lowest BCUT2D eigenvalue weighted by atomic mass is 9.91. The summed E-state index contributed by atoms with van der Waals surface area (Å²) in [4.78, 5) is 4.37. The van der Waals surface area contributed by atoms with Gasteiger partial charge in [0.05, 0.1) is 23.4 Å². The van der Waals surface area contributed by atoms with Gasteiger partial charge in [-0.05, 0) is 32.0 Å². The summed E-state index contributed by atoms with van der Waals surface area (Å²) in [5.74, 6) is 0.464. The minimum Gasteiger partial charge on any atom is -0.381 e. The Bertz CT molecular complexity index is 340. The molecule has 1 aromatic rings. The van der Waals surface area contributed by atoms with E-state index >= 15 is 0 Å². The maximum Gasteiger partial charge on any atom is 0.0762 e. The Labute approximate surface area is 101 Å². The van der Waals surface area contributed by atoms with Crippen molar-refractivity contribution in [1.29, 1.82) is 0 Å². The number of rotatable bonds is 3. The molecule has 0 bridgehead atoms. The molecule has 2 rings (SSSR count). The third-order valence-corrected chi connectivity index (χ3v) is 3.38. The van der Waals surface area contributed by atoms with Gasteiger partial charge in [-0.15, -0.1) is 0 Å². The predicted octanol–water partition coefficient (Wildman–Crippen LogP) is 2.42. The van der Waals surface area contributed by atoms with E-state index in [1.165, 1.54) is 6.42 Å². The van der Waals surface area contributed by atoms with Gasteiger partial charge in [0.1, 0.15) is 0 Å². The first-order valence-corrected chi connectivity index (χ1v) is 6.06. The van der Waals surface area contributed by atoms with Crippen LogP contribution in [0.25, 0.3) is 0 Å². The Balaban J connectivity index is 2.18. The average molecular weight is 241 g/mol. The summed E-state index contributed by atoms with van der Waals surface area (Å²) in [5.41, 5.74) is 0.933. The van der Waals surface area contributed by atoms with E-state index < -0.39 is 0 Å². The second-order valence-electron chi connectivity index (χ2n) is 4.11. The van der Waals surface area contributed by atoms with E-state index in [1.807, 2.05) is 19.2 Å². The molecule has 1 aliphatic heterocycles. The predicted molar refractivity (Wildman–Crippen MR) is 64.6 cm³/mol. The Kier molecular flexibility index (Phi) is 4.16. The van der Waals surface area contributed by atoms with Crippen LogP contribution in [-0.4, -0.2) is 25.2 Å². The fourth-order valence-corrected chi connectivity index (χ4v) is 2.49. The number of ether oxygens (including phenoxy) is 1. The topological polar surface area (TPSA) is 34.2 Å². The first-order chi connectivity index (χ1) is 7.83. The Morgan fingerprint density at radius 1 is 1.62 bits per heavy atom. The van der Waals surface area contributed by atoms with Crippen molar-refractivity contribution in [1.82, 2.24) is 10.3 Å². The molecule has 1 fully saturated rings. The third-order valence-electron chi connectivity index (χ3n) is 3.06. The smallest absolute Gasteiger partial charge is 0.0762 e. The van der Waals surface area contributed by atoms with Crippen LogP contribution in [-0.2, 0) is 4.74 Å². The molecule has 1 aliphatic rings. The highest BCUT2D eigenvalue weighted by atomic mass is 35.5. The lowest BCUT2D eigenvalue weighted by Crippen LogP contribution is -2.32. The molecule has 0 saturated carbocycles. The zero-order valence-electron chi connectivity index (χ0n) is 9.45. The van der Waals surface area contributed by atoms with Crippen molar-refractivity contribution in [2.24, 2.45) is 5.92 Å². The van der Waals surface area contributed by atoms with E-state index in [2.05, 4.69) is 10.3 Å². The van der Waals surface area contributed by atoms with Gasteiger partial charge in [0.2, 0.25) is 0 Å². The van der Waals surface area contributed by atoms with E-state index in [4.69, 9.17) is 16.3 Å². The van der Waals surface area contributed by atoms with Crippen LogP contribution in [0.1, 0.15) is 24.6 Å². The van der Waals surface area contributed by atoms with E-state index in [0.717, 1.165) is 30.4 Å². The van der Waals surface area contributed by atoms with Crippen LogP contribution in [0, 0.1) is 5.92 Å². The summed E-state index contributed by atoms with van der Waals surface area (Å²) in [5, 5.41) is 4.03. The van der Waals surface area contributed by atoms with Gasteiger partial charge in [0.15, 0.2) is 0 Å². The SMILES string of the molecule is CNC(c1ncccc1Cl)C1CCCOC1. The number of nitrogens with one attached hydrogen (secondary N) is 1. The lowest BCUT2D eigenvalue weighted by molar-refractivity contribution is 0.0396. The molecule has 4 heteroatoms. The van der Waals surface area contributed by atoms with Gasteiger partial charge < -0.3 is 10.1 Å². The number of pyridine rings is 1. The monoisotopic (exact) mass is 240 g/mol. The third kappa shape index (κ3) is 2.54. The molecule has 1 N–H and O–H groups in total. The second kappa shape index (κ2) is 5.62. The van der Waals surface area contributed by atoms with Crippen LogP contribution in [0.3, 0.4) is 0 Å². The Morgan fingerprint density at radius 2 is 2.50 bits per heavy atom. The Hall–Kier alpha value is -0.640. The molecule has 16 heavy (non-hydrogen) atoms. The van der Waals surface area contributed by atoms with Crippen LogP contribution in [0.5, 0.6) is 0 Å². The average Bonchev–Trinajstić information content (AvgIpc) is 2.34. The van der Waals surface area contributed by atoms with Gasteiger partial charge >= 0.3 is 0 Å². The molecule has 0 amide bonds. The van der Waals surface area contributed by atoms with E-state index in [9.17, 15) is 0 Å². The molecule has 2 heterocycles. The number of hydrogen-bond acceptors (Lipinski definition) is 3. The summed E-state index contributed by atoms with van der Waals surface area (Å²) in [6.45, 7) is 1.67. The highest BCUT2D eigenvalue weighted by molar-refractivity contribution is 6.31. The molecule has 2 atom stereocenters. The minimum atomic E-state index is 0.189. The van der Waals surface area contributed by atoms with E-state index in [-0.39, 0.29) is 6.04 Å². The van der Waals surface area contributed by atoms with Crippen LogP contribution < -0.4 is 5.32 Å². The molecule has 3 nitrogen and oxygen atoms in total. The molecule has 1 saturated heterocycles. The highest BCUT2D eigenvalue weighted by Gasteiger charge is 2.26. The molecule has 1 aromatic heterocycles. The zero-order valence-corrected chi connectivity index (χ0v) is 10.2. The van der Waals surface area contributed by atoms with Crippen molar-refractivity contribution in [2.75, 3.05) is 20.3 Å². The van der Waals surface area contributed by atoms with Gasteiger partial charge in [-0.3, -0.25) is 4.98 Å². The van der Waals surface area contributed by atoms with Crippen molar-refractivity contribution < 1.29 is 4.74 Å². The molecule has 0 aliphatic carbocycles. The first-order valence-electron chi connectivity index (χ1n) is 5.68. The van der Waals surface area contributed by atoms with Crippen molar-refractivity contribution in [3.05, 3.63) is 29.0 Å². The van der Waals surface area contributed by atoms with E-state index in [1.54, 1.807) is 6.20 Å². The lowest BCUT2D eigenvalue weighted by Gasteiger charge is -2.30. The van der Waals surface area contributed by atoms with Gasteiger partial charge in [-0.1, -0.05) is 11.6 Å². The summed E-state index contributed by atoms with van der Waals surface area (Å²) >= 11 is 6.17. The minimum absolute atomic E-state index is 0.189. The fourth-order valence-electron chi connectivity index (χ4n) is 2.25. The second-order valence-corrected chi connectivity index (χ2v) is 4.52. The van der Waals surface area contributed by atoms with Gasteiger partial charge in [-0.25, -0.2) is 0 Å². The maximum atomic E-state index is 6.17. The molecule has 2 unspecified atom stereocenters. The quantitative estimate of drug-likeness (QED) is 0.881. The maximum absolute atomic E-state index is 6.17. The van der Waals surface area contributed by atoms with Crippen LogP contribution in [0.2, 0.25) is 5.02 Å². The normalized spacial score (nSPS) is 23.0. The van der Waals surface area contributed by atoms with Crippen LogP contribution in [0.15, 0.2) is 18.3 Å². The van der Waals surface area contributed by atoms with Crippen molar-refractivity contribution >= 4 is 11.6 Å².